The van der Waals surface area contributed by atoms with Crippen molar-refractivity contribution < 1.29 is 9.18 Å². The Hall–Kier alpha value is -3.55. The van der Waals surface area contributed by atoms with Crippen molar-refractivity contribution >= 4 is 17.5 Å². The summed E-state index contributed by atoms with van der Waals surface area (Å²) < 4.78 is 15.1. The SMILES string of the molecule is CNC(=O)c1cc(Cl)cc(Cn2ccc(-c3cc(-c4ccc(F)cc4)ncc3CN)n2)c1. The van der Waals surface area contributed by atoms with Gasteiger partial charge in [-0.1, -0.05) is 11.6 Å². The molecule has 0 atom stereocenters. The van der Waals surface area contributed by atoms with E-state index in [0.29, 0.717) is 29.4 Å². The molecule has 2 aromatic heterocycles. The van der Waals surface area contributed by atoms with Gasteiger partial charge in [-0.25, -0.2) is 4.39 Å². The average molecular weight is 450 g/mol. The Kier molecular flexibility index (Phi) is 6.30. The van der Waals surface area contributed by atoms with Gasteiger partial charge in [-0.2, -0.15) is 5.10 Å². The Balaban J connectivity index is 1.65. The Bertz CT molecular complexity index is 1270. The quantitative estimate of drug-likeness (QED) is 0.460. The first-order chi connectivity index (χ1) is 15.5. The number of hydrogen-bond acceptors (Lipinski definition) is 4. The fourth-order valence-electron chi connectivity index (χ4n) is 3.46. The highest BCUT2D eigenvalue weighted by molar-refractivity contribution is 6.31. The summed E-state index contributed by atoms with van der Waals surface area (Å²) in [6.45, 7) is 0.751. The van der Waals surface area contributed by atoms with E-state index in [-0.39, 0.29) is 11.7 Å². The van der Waals surface area contributed by atoms with Crippen molar-refractivity contribution in [1.82, 2.24) is 20.1 Å². The first kappa shape index (κ1) is 21.7. The van der Waals surface area contributed by atoms with Gasteiger partial charge in [0.1, 0.15) is 5.82 Å². The summed E-state index contributed by atoms with van der Waals surface area (Å²) in [4.78, 5) is 16.4. The Morgan fingerprint density at radius 1 is 1.12 bits per heavy atom. The van der Waals surface area contributed by atoms with E-state index in [2.05, 4.69) is 15.4 Å². The third kappa shape index (κ3) is 4.69. The molecule has 2 aromatic carbocycles. The molecule has 0 unspecified atom stereocenters. The number of carbonyl (C=O) groups excluding carboxylic acids is 1. The zero-order valence-corrected chi connectivity index (χ0v) is 18.1. The van der Waals surface area contributed by atoms with Gasteiger partial charge >= 0.3 is 0 Å². The molecule has 0 spiro atoms. The van der Waals surface area contributed by atoms with E-state index >= 15 is 0 Å². The van der Waals surface area contributed by atoms with E-state index in [4.69, 9.17) is 17.3 Å². The molecule has 0 bridgehead atoms. The van der Waals surface area contributed by atoms with Crippen molar-refractivity contribution in [2.24, 2.45) is 5.73 Å². The summed E-state index contributed by atoms with van der Waals surface area (Å²) in [6.07, 6.45) is 3.58. The molecule has 1 amide bonds. The predicted octanol–water partition coefficient (Wildman–Crippen LogP) is 4.27. The third-order valence-electron chi connectivity index (χ3n) is 5.05. The number of nitrogens with two attached hydrogens (primary N) is 1. The summed E-state index contributed by atoms with van der Waals surface area (Å²) in [5.74, 6) is -0.500. The molecule has 4 rings (SSSR count). The minimum absolute atomic E-state index is 0.201. The number of benzene rings is 2. The number of pyridine rings is 1. The molecule has 0 saturated heterocycles. The van der Waals surface area contributed by atoms with Crippen molar-refractivity contribution in [1.29, 1.82) is 0 Å². The summed E-state index contributed by atoms with van der Waals surface area (Å²) in [5, 5.41) is 7.77. The monoisotopic (exact) mass is 449 g/mol. The first-order valence-electron chi connectivity index (χ1n) is 9.97. The van der Waals surface area contributed by atoms with E-state index in [1.54, 1.807) is 48.3 Å². The zero-order valence-electron chi connectivity index (χ0n) is 17.3. The van der Waals surface area contributed by atoms with E-state index < -0.39 is 0 Å². The Morgan fingerprint density at radius 2 is 1.91 bits per heavy atom. The minimum atomic E-state index is -0.299. The van der Waals surface area contributed by atoms with Gasteiger partial charge in [0.2, 0.25) is 0 Å². The van der Waals surface area contributed by atoms with Crippen LogP contribution >= 0.6 is 11.6 Å². The van der Waals surface area contributed by atoms with Gasteiger partial charge < -0.3 is 11.1 Å². The molecule has 0 aliphatic rings. The first-order valence-corrected chi connectivity index (χ1v) is 10.3. The van der Waals surface area contributed by atoms with Crippen LogP contribution in [0.5, 0.6) is 0 Å². The lowest BCUT2D eigenvalue weighted by molar-refractivity contribution is 0.0963. The molecule has 162 valence electrons. The number of aromatic nitrogens is 3. The number of halogens is 2. The van der Waals surface area contributed by atoms with Crippen LogP contribution in [0.4, 0.5) is 4.39 Å². The number of nitrogens with zero attached hydrogens (tertiary/aromatic N) is 3. The smallest absolute Gasteiger partial charge is 0.251 e. The van der Waals surface area contributed by atoms with Crippen LogP contribution in [0.3, 0.4) is 0 Å². The summed E-state index contributed by atoms with van der Waals surface area (Å²) in [6, 6.07) is 15.2. The Labute approximate surface area is 189 Å². The van der Waals surface area contributed by atoms with E-state index in [9.17, 15) is 9.18 Å². The lowest BCUT2D eigenvalue weighted by Gasteiger charge is -2.09. The lowest BCUT2D eigenvalue weighted by atomic mass is 10.0. The number of nitrogens with one attached hydrogen (secondary N) is 1. The molecular weight excluding hydrogens is 429 g/mol. The molecule has 0 fully saturated rings. The normalized spacial score (nSPS) is 10.9. The van der Waals surface area contributed by atoms with Crippen LogP contribution in [0, 0.1) is 5.82 Å². The van der Waals surface area contributed by atoms with Crippen LogP contribution in [0.1, 0.15) is 21.5 Å². The topological polar surface area (TPSA) is 85.8 Å². The van der Waals surface area contributed by atoms with Gasteiger partial charge in [-0.05, 0) is 65.7 Å². The predicted molar refractivity (Wildman–Crippen MR) is 123 cm³/mol. The van der Waals surface area contributed by atoms with Crippen molar-refractivity contribution in [3.05, 3.63) is 94.5 Å². The Morgan fingerprint density at radius 3 is 2.62 bits per heavy atom. The third-order valence-corrected chi connectivity index (χ3v) is 5.27. The second-order valence-corrected chi connectivity index (χ2v) is 7.70. The summed E-state index contributed by atoms with van der Waals surface area (Å²) in [5.41, 5.74) is 11.2. The lowest BCUT2D eigenvalue weighted by Crippen LogP contribution is -2.18. The highest BCUT2D eigenvalue weighted by Crippen LogP contribution is 2.27. The van der Waals surface area contributed by atoms with Gasteiger partial charge in [0.15, 0.2) is 0 Å². The summed E-state index contributed by atoms with van der Waals surface area (Å²) >= 11 is 6.19. The van der Waals surface area contributed by atoms with Gasteiger partial charge in [0, 0.05) is 47.7 Å². The van der Waals surface area contributed by atoms with E-state index in [1.165, 1.54) is 12.1 Å². The zero-order chi connectivity index (χ0) is 22.7. The van der Waals surface area contributed by atoms with Crippen LogP contribution in [-0.4, -0.2) is 27.7 Å². The molecule has 32 heavy (non-hydrogen) atoms. The average Bonchev–Trinajstić information content (AvgIpc) is 3.26. The van der Waals surface area contributed by atoms with Gasteiger partial charge in [0.05, 0.1) is 17.9 Å². The molecule has 8 heteroatoms. The largest absolute Gasteiger partial charge is 0.355 e. The fraction of sp³-hybridized carbons (Fsp3) is 0.125. The fourth-order valence-corrected chi connectivity index (χ4v) is 3.72. The van der Waals surface area contributed by atoms with Gasteiger partial charge in [-0.15, -0.1) is 0 Å². The highest BCUT2D eigenvalue weighted by Gasteiger charge is 2.12. The molecular formula is C24H21ClFN5O. The van der Waals surface area contributed by atoms with Crippen molar-refractivity contribution in [3.63, 3.8) is 0 Å². The van der Waals surface area contributed by atoms with Crippen molar-refractivity contribution in [2.45, 2.75) is 13.1 Å². The maximum Gasteiger partial charge on any atom is 0.251 e. The van der Waals surface area contributed by atoms with Crippen LogP contribution in [0.15, 0.2) is 67.0 Å². The van der Waals surface area contributed by atoms with Crippen LogP contribution < -0.4 is 11.1 Å². The van der Waals surface area contributed by atoms with Crippen LogP contribution in [0.25, 0.3) is 22.5 Å². The molecule has 0 aliphatic heterocycles. The molecule has 0 aliphatic carbocycles. The van der Waals surface area contributed by atoms with Gasteiger partial charge in [-0.3, -0.25) is 14.5 Å². The maximum atomic E-state index is 13.3. The molecule has 2 heterocycles. The van der Waals surface area contributed by atoms with Crippen LogP contribution in [0.2, 0.25) is 5.02 Å². The maximum absolute atomic E-state index is 13.3. The standard InChI is InChI=1S/C24H21ClFN5O/c1-28-24(32)17-8-15(9-19(25)10-17)14-31-7-6-22(30-31)21-11-23(29-13-18(21)12-27)16-2-4-20(26)5-3-16/h2-11,13H,12,14,27H2,1H3,(H,28,32). The highest BCUT2D eigenvalue weighted by atomic mass is 35.5. The summed E-state index contributed by atoms with van der Waals surface area (Å²) in [7, 11) is 1.58. The van der Waals surface area contributed by atoms with Crippen molar-refractivity contribution in [3.8, 4) is 22.5 Å². The molecule has 0 radical (unpaired) electrons. The van der Waals surface area contributed by atoms with E-state index in [0.717, 1.165) is 27.9 Å². The van der Waals surface area contributed by atoms with Crippen LogP contribution in [-0.2, 0) is 13.1 Å². The second-order valence-electron chi connectivity index (χ2n) is 7.26. The van der Waals surface area contributed by atoms with E-state index in [1.807, 2.05) is 18.3 Å². The molecule has 4 aromatic rings. The number of carbonyl (C=O) groups is 1. The minimum Gasteiger partial charge on any atom is -0.355 e. The number of hydrogen-bond donors (Lipinski definition) is 2. The number of amides is 1. The van der Waals surface area contributed by atoms with Crippen molar-refractivity contribution in [2.75, 3.05) is 7.05 Å². The number of rotatable bonds is 6. The molecule has 6 nitrogen and oxygen atoms in total. The molecule has 3 N–H and O–H groups in total. The molecule has 0 saturated carbocycles. The van der Waals surface area contributed by atoms with Gasteiger partial charge in [0.25, 0.3) is 5.91 Å². The second kappa shape index (κ2) is 9.30.